The monoisotopic (exact) mass is 574 g/mol. The summed E-state index contributed by atoms with van der Waals surface area (Å²) in [5, 5.41) is 0.00584. The summed E-state index contributed by atoms with van der Waals surface area (Å²) in [6.45, 7) is 0. The Hall–Kier alpha value is -1.64. The average molecular weight is 576 g/mol. The van der Waals surface area contributed by atoms with E-state index in [0.29, 0.717) is 0 Å². The van der Waals surface area contributed by atoms with Crippen LogP contribution < -0.4 is 0 Å². The summed E-state index contributed by atoms with van der Waals surface area (Å²) < 4.78 is 2.31. The van der Waals surface area contributed by atoms with Gasteiger partial charge in [0.15, 0.2) is 0 Å². The average Bonchev–Trinajstić information content (AvgIpc) is 3.06. The summed E-state index contributed by atoms with van der Waals surface area (Å²) in [5.74, 6) is 0. The van der Waals surface area contributed by atoms with Gasteiger partial charge < -0.3 is 0 Å². The van der Waals surface area contributed by atoms with E-state index in [0.717, 1.165) is 8.95 Å². The molecule has 1 saturated heterocycles. The first-order valence-electron chi connectivity index (χ1n) is 10.6. The molecule has 3 aliphatic rings. The zero-order valence-corrected chi connectivity index (χ0v) is 21.8. The molecule has 154 valence electrons. The highest BCUT2D eigenvalue weighted by atomic mass is 79.9. The van der Waals surface area contributed by atoms with Crippen LogP contribution in [0.25, 0.3) is 16.0 Å². The van der Waals surface area contributed by atoms with E-state index in [1.54, 1.807) is 0 Å². The molecule has 2 atom stereocenters. The summed E-state index contributed by atoms with van der Waals surface area (Å²) in [6, 6.07) is 35.8. The van der Waals surface area contributed by atoms with E-state index in [4.69, 9.17) is 0 Å². The van der Waals surface area contributed by atoms with E-state index in [1.165, 1.54) is 38.3 Å². The third-order valence-corrected chi connectivity index (χ3v) is 14.1. The molecule has 0 radical (unpaired) electrons. The molecule has 1 fully saturated rings. The van der Waals surface area contributed by atoms with Gasteiger partial charge in [0.2, 0.25) is 0 Å². The van der Waals surface area contributed by atoms with Crippen LogP contribution in [-0.4, -0.2) is 0 Å². The standard InChI is InChI=1S/C28H17Br2PS/c29-20-11-13-22-23-14-12-21(30)16-25(23)28(24(22)15-20)27(19-9-5-2-6-10-19)17-26(32-31(27)28)18-7-3-1-4-8-18/h1-17H. The van der Waals surface area contributed by atoms with Gasteiger partial charge in [-0.25, -0.2) is 0 Å². The molecule has 1 spiro atoms. The molecule has 4 aromatic carbocycles. The number of fused-ring (bicyclic) bond motifs is 8. The highest BCUT2D eigenvalue weighted by molar-refractivity contribution is 9.10. The molecule has 0 aromatic heterocycles. The molecular formula is C28H17Br2PS. The van der Waals surface area contributed by atoms with Crippen LogP contribution in [0, 0.1) is 0 Å². The van der Waals surface area contributed by atoms with Crippen LogP contribution >= 0.6 is 50.4 Å². The topological polar surface area (TPSA) is 0 Å². The molecule has 0 amide bonds. The SMILES string of the molecule is Brc1ccc2c(c1)C1(c3cc(Br)ccc3-2)P2SC(c3ccccc3)=CC21c1ccccc1. The summed E-state index contributed by atoms with van der Waals surface area (Å²) in [4.78, 5) is 1.42. The summed E-state index contributed by atoms with van der Waals surface area (Å²) in [6.07, 6.45) is 2.61. The second-order valence-electron chi connectivity index (χ2n) is 8.48. The van der Waals surface area contributed by atoms with Crippen molar-refractivity contribution < 1.29 is 0 Å². The molecule has 1 aliphatic carbocycles. The first-order valence-corrected chi connectivity index (χ1v) is 14.9. The van der Waals surface area contributed by atoms with Gasteiger partial charge in [-0.1, -0.05) is 122 Å². The Kier molecular flexibility index (Phi) is 4.29. The number of benzene rings is 4. The minimum absolute atomic E-state index is 0.00101. The van der Waals surface area contributed by atoms with Crippen molar-refractivity contribution in [3.63, 3.8) is 0 Å². The Labute approximate surface area is 209 Å². The maximum Gasteiger partial charge on any atom is 0.0701 e. The van der Waals surface area contributed by atoms with Crippen molar-refractivity contribution in [2.24, 2.45) is 0 Å². The fourth-order valence-electron chi connectivity index (χ4n) is 5.69. The molecule has 4 heteroatoms. The van der Waals surface area contributed by atoms with Crippen molar-refractivity contribution in [2.45, 2.75) is 10.3 Å². The molecule has 2 heterocycles. The Bertz CT molecular complexity index is 1380. The maximum absolute atomic E-state index is 3.78. The van der Waals surface area contributed by atoms with E-state index < -0.39 is 7.12 Å². The molecule has 32 heavy (non-hydrogen) atoms. The quantitative estimate of drug-likeness (QED) is 0.214. The molecule has 0 bridgehead atoms. The Morgan fingerprint density at radius 3 is 1.81 bits per heavy atom. The molecular weight excluding hydrogens is 559 g/mol. The number of hydrogen-bond acceptors (Lipinski definition) is 1. The van der Waals surface area contributed by atoms with Crippen molar-refractivity contribution in [3.05, 3.63) is 134 Å². The van der Waals surface area contributed by atoms with Gasteiger partial charge in [-0.3, -0.25) is 0 Å². The van der Waals surface area contributed by atoms with E-state index in [2.05, 4.69) is 146 Å². The van der Waals surface area contributed by atoms with Crippen LogP contribution in [-0.2, 0) is 10.3 Å². The van der Waals surface area contributed by atoms with Gasteiger partial charge >= 0.3 is 0 Å². The first kappa shape index (κ1) is 19.8. The van der Waals surface area contributed by atoms with Gasteiger partial charge in [-0.15, -0.1) is 0 Å². The van der Waals surface area contributed by atoms with Crippen molar-refractivity contribution in [3.8, 4) is 11.1 Å². The lowest BCUT2D eigenvalue weighted by molar-refractivity contribution is 0.728. The second-order valence-corrected chi connectivity index (χ2v) is 14.5. The predicted octanol–water partition coefficient (Wildman–Crippen LogP) is 9.53. The van der Waals surface area contributed by atoms with E-state index >= 15 is 0 Å². The maximum atomic E-state index is 3.78. The molecule has 7 rings (SSSR count). The van der Waals surface area contributed by atoms with E-state index in [-0.39, 0.29) is 10.3 Å². The molecule has 0 saturated carbocycles. The summed E-state index contributed by atoms with van der Waals surface area (Å²) >= 11 is 9.68. The summed E-state index contributed by atoms with van der Waals surface area (Å²) in [7, 11) is -0.423. The van der Waals surface area contributed by atoms with Crippen LogP contribution in [0.1, 0.15) is 22.3 Å². The molecule has 4 aromatic rings. The first-order chi connectivity index (χ1) is 15.7. The minimum atomic E-state index is -0.423. The van der Waals surface area contributed by atoms with Gasteiger partial charge in [0, 0.05) is 13.9 Å². The Morgan fingerprint density at radius 2 is 1.22 bits per heavy atom. The fourth-order valence-corrected chi connectivity index (χ4v) is 14.1. The second kappa shape index (κ2) is 6.93. The van der Waals surface area contributed by atoms with Crippen molar-refractivity contribution in [1.29, 1.82) is 0 Å². The zero-order chi connectivity index (χ0) is 21.5. The largest absolute Gasteiger partial charge is 0.0957 e. The van der Waals surface area contributed by atoms with Crippen molar-refractivity contribution in [2.75, 3.05) is 0 Å². The Morgan fingerprint density at radius 1 is 0.656 bits per heavy atom. The van der Waals surface area contributed by atoms with Crippen LogP contribution in [0.2, 0.25) is 0 Å². The Balaban J connectivity index is 1.55. The predicted molar refractivity (Wildman–Crippen MR) is 145 cm³/mol. The van der Waals surface area contributed by atoms with Gasteiger partial charge in [0.25, 0.3) is 0 Å². The number of hydrogen-bond donors (Lipinski definition) is 0. The smallest absolute Gasteiger partial charge is 0.0701 e. The lowest BCUT2D eigenvalue weighted by Crippen LogP contribution is -2.20. The van der Waals surface area contributed by atoms with Gasteiger partial charge in [0.05, 0.1) is 10.3 Å². The van der Waals surface area contributed by atoms with E-state index in [9.17, 15) is 0 Å². The molecule has 0 N–H and O–H groups in total. The number of rotatable bonds is 2. The van der Waals surface area contributed by atoms with Gasteiger partial charge in [-0.2, -0.15) is 0 Å². The van der Waals surface area contributed by atoms with Gasteiger partial charge in [-0.05, 0) is 64.8 Å². The minimum Gasteiger partial charge on any atom is -0.0957 e. The van der Waals surface area contributed by atoms with Crippen LogP contribution in [0.5, 0.6) is 0 Å². The third-order valence-electron chi connectivity index (χ3n) is 6.96. The van der Waals surface area contributed by atoms with E-state index in [1.807, 2.05) is 0 Å². The van der Waals surface area contributed by atoms with Gasteiger partial charge in [0.1, 0.15) is 0 Å². The zero-order valence-electron chi connectivity index (χ0n) is 16.9. The third kappa shape index (κ3) is 2.38. The lowest BCUT2D eigenvalue weighted by atomic mass is 9.79. The van der Waals surface area contributed by atoms with Crippen LogP contribution in [0.3, 0.4) is 0 Å². The van der Waals surface area contributed by atoms with Crippen LogP contribution in [0.15, 0.2) is 112 Å². The number of allylic oxidation sites excluding steroid dienone is 1. The molecule has 2 aliphatic heterocycles. The molecule has 2 unspecified atom stereocenters. The van der Waals surface area contributed by atoms with Crippen molar-refractivity contribution >= 4 is 55.3 Å². The molecule has 0 nitrogen and oxygen atoms in total. The summed E-state index contributed by atoms with van der Waals surface area (Å²) in [5.41, 5.74) is 8.50. The fraction of sp³-hybridized carbons (Fsp3) is 0.0714. The number of halogens is 2. The van der Waals surface area contributed by atoms with Crippen molar-refractivity contribution in [1.82, 2.24) is 0 Å². The van der Waals surface area contributed by atoms with Crippen LogP contribution in [0.4, 0.5) is 0 Å². The highest BCUT2D eigenvalue weighted by Crippen LogP contribution is 3.05. The highest BCUT2D eigenvalue weighted by Gasteiger charge is 2.82. The normalized spacial score (nSPS) is 23.4. The lowest BCUT2D eigenvalue weighted by Gasteiger charge is -2.23.